The van der Waals surface area contributed by atoms with Crippen LogP contribution in [0.1, 0.15) is 23.1 Å². The standard InChI is InChI=1S/C17H17ClN2S/c18-14-7-8-16(15(10-14)17(19)21)20-9-3-6-12-4-1-2-5-13(12)11-20/h1-2,4-5,7-8,10H,3,6,9,11H2,(H2,19,21). The first-order valence-corrected chi connectivity index (χ1v) is 7.85. The normalized spacial score (nSPS) is 14.4. The van der Waals surface area contributed by atoms with E-state index >= 15 is 0 Å². The molecular weight excluding hydrogens is 300 g/mol. The van der Waals surface area contributed by atoms with Crippen molar-refractivity contribution in [3.8, 4) is 0 Å². The van der Waals surface area contributed by atoms with Crippen molar-refractivity contribution in [2.24, 2.45) is 5.73 Å². The van der Waals surface area contributed by atoms with E-state index in [1.807, 2.05) is 18.2 Å². The lowest BCUT2D eigenvalue weighted by molar-refractivity contribution is 0.765. The molecule has 0 amide bonds. The number of hydrogen-bond donors (Lipinski definition) is 1. The minimum absolute atomic E-state index is 0.394. The fraction of sp³-hybridized carbons (Fsp3) is 0.235. The molecule has 21 heavy (non-hydrogen) atoms. The van der Waals surface area contributed by atoms with Gasteiger partial charge < -0.3 is 10.6 Å². The Bertz CT molecular complexity index is 684. The fourth-order valence-electron chi connectivity index (χ4n) is 2.89. The summed E-state index contributed by atoms with van der Waals surface area (Å²) in [5.74, 6) is 0. The van der Waals surface area contributed by atoms with Crippen molar-refractivity contribution in [3.63, 3.8) is 0 Å². The first-order chi connectivity index (χ1) is 10.1. The Morgan fingerprint density at radius 1 is 1.14 bits per heavy atom. The van der Waals surface area contributed by atoms with Crippen molar-refractivity contribution in [2.45, 2.75) is 19.4 Å². The highest BCUT2D eigenvalue weighted by atomic mass is 35.5. The molecule has 2 aromatic rings. The van der Waals surface area contributed by atoms with Crippen molar-refractivity contribution in [1.29, 1.82) is 0 Å². The predicted octanol–water partition coefficient (Wildman–Crippen LogP) is 3.93. The van der Waals surface area contributed by atoms with Gasteiger partial charge in [0.05, 0.1) is 0 Å². The third-order valence-electron chi connectivity index (χ3n) is 3.92. The van der Waals surface area contributed by atoms with E-state index in [1.165, 1.54) is 11.1 Å². The lowest BCUT2D eigenvalue weighted by atomic mass is 10.0. The first kappa shape index (κ1) is 14.4. The summed E-state index contributed by atoms with van der Waals surface area (Å²) in [4.78, 5) is 2.74. The number of fused-ring (bicyclic) bond motifs is 1. The van der Waals surface area contributed by atoms with Crippen LogP contribution in [0.15, 0.2) is 42.5 Å². The Morgan fingerprint density at radius 2 is 1.90 bits per heavy atom. The van der Waals surface area contributed by atoms with Crippen LogP contribution in [0.4, 0.5) is 5.69 Å². The number of nitrogens with two attached hydrogens (primary N) is 1. The quantitative estimate of drug-likeness (QED) is 0.851. The lowest BCUT2D eigenvalue weighted by Crippen LogP contribution is -2.25. The number of anilines is 1. The van der Waals surface area contributed by atoms with Gasteiger partial charge in [-0.3, -0.25) is 0 Å². The summed E-state index contributed by atoms with van der Waals surface area (Å²) >= 11 is 11.3. The zero-order valence-corrected chi connectivity index (χ0v) is 13.3. The molecule has 0 bridgehead atoms. The fourth-order valence-corrected chi connectivity index (χ4v) is 3.22. The van der Waals surface area contributed by atoms with Gasteiger partial charge in [-0.15, -0.1) is 0 Å². The van der Waals surface area contributed by atoms with Gasteiger partial charge in [0.2, 0.25) is 0 Å². The number of nitrogens with zero attached hydrogens (tertiary/aromatic N) is 1. The highest BCUT2D eigenvalue weighted by Crippen LogP contribution is 2.28. The summed E-state index contributed by atoms with van der Waals surface area (Å²) < 4.78 is 0. The molecule has 0 radical (unpaired) electrons. The second-order valence-corrected chi connectivity index (χ2v) is 6.20. The number of rotatable bonds is 2. The molecule has 2 N–H and O–H groups in total. The number of hydrogen-bond acceptors (Lipinski definition) is 2. The molecule has 2 nitrogen and oxygen atoms in total. The summed E-state index contributed by atoms with van der Waals surface area (Å²) in [5, 5.41) is 0.664. The number of benzene rings is 2. The third-order valence-corrected chi connectivity index (χ3v) is 4.37. The van der Waals surface area contributed by atoms with E-state index in [0.717, 1.165) is 37.2 Å². The smallest absolute Gasteiger partial charge is 0.106 e. The van der Waals surface area contributed by atoms with Crippen molar-refractivity contribution in [1.82, 2.24) is 0 Å². The molecule has 0 saturated carbocycles. The highest BCUT2D eigenvalue weighted by molar-refractivity contribution is 7.80. The maximum Gasteiger partial charge on any atom is 0.106 e. The average Bonchev–Trinajstić information content (AvgIpc) is 2.69. The molecule has 1 heterocycles. The Kier molecular flexibility index (Phi) is 4.13. The number of halogens is 1. The third kappa shape index (κ3) is 3.04. The van der Waals surface area contributed by atoms with Crippen LogP contribution in [0.3, 0.4) is 0 Å². The maximum absolute atomic E-state index is 6.08. The molecule has 0 unspecified atom stereocenters. The number of aryl methyl sites for hydroxylation is 1. The van der Waals surface area contributed by atoms with Crippen LogP contribution < -0.4 is 10.6 Å². The summed E-state index contributed by atoms with van der Waals surface area (Å²) in [6.07, 6.45) is 2.24. The largest absolute Gasteiger partial charge is 0.389 e. The molecule has 1 aliphatic rings. The van der Waals surface area contributed by atoms with Crippen LogP contribution >= 0.6 is 23.8 Å². The molecule has 4 heteroatoms. The number of thiocarbonyl (C=S) groups is 1. The topological polar surface area (TPSA) is 29.3 Å². The lowest BCUT2D eigenvalue weighted by Gasteiger charge is -2.25. The van der Waals surface area contributed by atoms with Gasteiger partial charge in [-0.2, -0.15) is 0 Å². The first-order valence-electron chi connectivity index (χ1n) is 7.06. The van der Waals surface area contributed by atoms with E-state index in [-0.39, 0.29) is 0 Å². The van der Waals surface area contributed by atoms with Crippen molar-refractivity contribution < 1.29 is 0 Å². The molecule has 3 rings (SSSR count). The molecule has 0 aliphatic carbocycles. The SMILES string of the molecule is NC(=S)c1cc(Cl)ccc1N1CCCc2ccccc2C1. The summed E-state index contributed by atoms with van der Waals surface area (Å²) in [6.45, 7) is 1.87. The van der Waals surface area contributed by atoms with Gasteiger partial charge in [0, 0.05) is 29.4 Å². The second kappa shape index (κ2) is 6.04. The van der Waals surface area contributed by atoms with Crippen molar-refractivity contribution >= 4 is 34.5 Å². The van der Waals surface area contributed by atoms with Gasteiger partial charge in [0.1, 0.15) is 4.99 Å². The Balaban J connectivity index is 2.00. The Morgan fingerprint density at radius 3 is 2.67 bits per heavy atom. The van der Waals surface area contributed by atoms with E-state index in [2.05, 4.69) is 29.2 Å². The van der Waals surface area contributed by atoms with Crippen molar-refractivity contribution in [2.75, 3.05) is 11.4 Å². The summed E-state index contributed by atoms with van der Waals surface area (Å²) in [7, 11) is 0. The van der Waals surface area contributed by atoms with Crippen LogP contribution in [-0.4, -0.2) is 11.5 Å². The van der Waals surface area contributed by atoms with E-state index in [0.29, 0.717) is 10.0 Å². The van der Waals surface area contributed by atoms with E-state index in [1.54, 1.807) is 0 Å². The minimum atomic E-state index is 0.394. The highest BCUT2D eigenvalue weighted by Gasteiger charge is 2.18. The molecule has 2 aromatic carbocycles. The van der Waals surface area contributed by atoms with E-state index in [9.17, 15) is 0 Å². The molecular formula is C17H17ClN2S. The van der Waals surface area contributed by atoms with E-state index in [4.69, 9.17) is 29.6 Å². The van der Waals surface area contributed by atoms with Crippen LogP contribution in [-0.2, 0) is 13.0 Å². The molecule has 1 aliphatic heterocycles. The van der Waals surface area contributed by atoms with Gasteiger partial charge in [-0.1, -0.05) is 48.1 Å². The van der Waals surface area contributed by atoms with Crippen LogP contribution in [0.5, 0.6) is 0 Å². The zero-order valence-electron chi connectivity index (χ0n) is 11.7. The Hall–Kier alpha value is -1.58. The van der Waals surface area contributed by atoms with Crippen molar-refractivity contribution in [3.05, 3.63) is 64.2 Å². The predicted molar refractivity (Wildman–Crippen MR) is 93.2 cm³/mol. The molecule has 0 fully saturated rings. The maximum atomic E-state index is 6.08. The molecule has 108 valence electrons. The van der Waals surface area contributed by atoms with Crippen LogP contribution in [0.2, 0.25) is 5.02 Å². The molecule has 0 aromatic heterocycles. The minimum Gasteiger partial charge on any atom is -0.389 e. The summed E-state index contributed by atoms with van der Waals surface area (Å²) in [5.41, 5.74) is 10.6. The summed E-state index contributed by atoms with van der Waals surface area (Å²) in [6, 6.07) is 14.4. The van der Waals surface area contributed by atoms with Gasteiger partial charge >= 0.3 is 0 Å². The molecule has 0 saturated heterocycles. The average molecular weight is 317 g/mol. The van der Waals surface area contributed by atoms with Crippen LogP contribution in [0.25, 0.3) is 0 Å². The Labute approximate surface area is 135 Å². The van der Waals surface area contributed by atoms with Gasteiger partial charge in [-0.25, -0.2) is 0 Å². The second-order valence-electron chi connectivity index (χ2n) is 5.32. The van der Waals surface area contributed by atoms with Gasteiger partial charge in [-0.05, 0) is 42.2 Å². The molecule has 0 atom stereocenters. The van der Waals surface area contributed by atoms with Gasteiger partial charge in [0.25, 0.3) is 0 Å². The molecule has 0 spiro atoms. The van der Waals surface area contributed by atoms with Gasteiger partial charge in [0.15, 0.2) is 0 Å². The zero-order chi connectivity index (χ0) is 14.8. The monoisotopic (exact) mass is 316 g/mol. The van der Waals surface area contributed by atoms with E-state index < -0.39 is 0 Å². The van der Waals surface area contributed by atoms with Crippen LogP contribution in [0, 0.1) is 0 Å².